The highest BCUT2D eigenvalue weighted by Crippen LogP contribution is 2.19. The molecule has 0 aliphatic carbocycles. The number of aliphatic imine (C=N–C) groups is 1. The number of para-hydroxylation sites is 1. The van der Waals surface area contributed by atoms with Crippen molar-refractivity contribution in [2.75, 3.05) is 6.54 Å². The second kappa shape index (κ2) is 16.7. The van der Waals surface area contributed by atoms with Gasteiger partial charge in [0.05, 0.1) is 6.04 Å². The molecule has 0 spiro atoms. The number of aliphatic carboxylic acids is 1. The van der Waals surface area contributed by atoms with Crippen molar-refractivity contribution in [2.24, 2.45) is 33.8 Å². The van der Waals surface area contributed by atoms with Gasteiger partial charge in [-0.1, -0.05) is 38.5 Å². The molecular weight excluding hydrogens is 558 g/mol. The highest BCUT2D eigenvalue weighted by atomic mass is 16.4. The third-order valence-corrected chi connectivity index (χ3v) is 7.16. The molecule has 5 unspecified atom stereocenters. The zero-order valence-electron chi connectivity index (χ0n) is 24.5. The first-order valence-corrected chi connectivity index (χ1v) is 14.1. The number of nitrogens with one attached hydrogen (secondary N) is 4. The molecule has 13 N–H and O–H groups in total. The Kier molecular flexibility index (Phi) is 13.4. The van der Waals surface area contributed by atoms with E-state index in [1.807, 2.05) is 31.2 Å². The number of carbonyl (C=O) groups excluding carboxylic acids is 4. The Morgan fingerprint density at radius 1 is 0.930 bits per heavy atom. The average Bonchev–Trinajstić information content (AvgIpc) is 3.37. The molecule has 0 bridgehead atoms. The third-order valence-electron chi connectivity index (χ3n) is 7.16. The first kappa shape index (κ1) is 34.5. The maximum Gasteiger partial charge on any atom is 0.326 e. The van der Waals surface area contributed by atoms with Crippen molar-refractivity contribution in [1.82, 2.24) is 20.9 Å². The maximum absolute atomic E-state index is 13.4. The van der Waals surface area contributed by atoms with Crippen LogP contribution in [0.1, 0.15) is 51.5 Å². The Morgan fingerprint density at radius 3 is 2.14 bits per heavy atom. The van der Waals surface area contributed by atoms with Gasteiger partial charge in [-0.3, -0.25) is 24.2 Å². The van der Waals surface area contributed by atoms with Crippen LogP contribution in [0.4, 0.5) is 0 Å². The number of nitrogens with two attached hydrogens (primary N) is 4. The molecule has 0 saturated carbocycles. The van der Waals surface area contributed by atoms with Crippen molar-refractivity contribution in [1.29, 1.82) is 0 Å². The van der Waals surface area contributed by atoms with E-state index in [0.29, 0.717) is 18.4 Å². The lowest BCUT2D eigenvalue weighted by atomic mass is 9.98. The van der Waals surface area contributed by atoms with Crippen LogP contribution >= 0.6 is 0 Å². The van der Waals surface area contributed by atoms with Gasteiger partial charge >= 0.3 is 5.97 Å². The van der Waals surface area contributed by atoms with Crippen molar-refractivity contribution in [3.63, 3.8) is 0 Å². The van der Waals surface area contributed by atoms with Gasteiger partial charge in [0.25, 0.3) is 0 Å². The van der Waals surface area contributed by atoms with E-state index < -0.39 is 53.8 Å². The van der Waals surface area contributed by atoms with Gasteiger partial charge in [-0.25, -0.2) is 4.79 Å². The number of carboxylic acid groups (broad SMARTS) is 1. The van der Waals surface area contributed by atoms with E-state index in [0.717, 1.165) is 10.9 Å². The van der Waals surface area contributed by atoms with Crippen molar-refractivity contribution in [3.8, 4) is 0 Å². The standard InChI is InChI=1S/C28H43N9O6/c1-3-15(2)23(30)26(41)36-19(9-6-12-33-28(31)32)24(39)35-20(10-11-22(29)38)25(40)37-21(27(42)43)13-16-14-34-18-8-5-4-7-17(16)18/h4-5,7-8,14-15,19-21,23,34H,3,6,9-13,30H2,1-2H3,(H2,29,38)(H,35,39)(H,36,41)(H,37,40)(H,42,43)(H4,31,32,33). The van der Waals surface area contributed by atoms with Crippen LogP contribution in [0.15, 0.2) is 35.5 Å². The molecule has 15 nitrogen and oxygen atoms in total. The van der Waals surface area contributed by atoms with E-state index in [1.54, 1.807) is 13.1 Å². The summed E-state index contributed by atoms with van der Waals surface area (Å²) in [6.45, 7) is 3.86. The van der Waals surface area contributed by atoms with E-state index in [9.17, 15) is 29.1 Å². The largest absolute Gasteiger partial charge is 0.480 e. The summed E-state index contributed by atoms with van der Waals surface area (Å²) >= 11 is 0. The summed E-state index contributed by atoms with van der Waals surface area (Å²) in [5.74, 6) is -4.42. The zero-order chi connectivity index (χ0) is 32.1. The predicted octanol–water partition coefficient (Wildman–Crippen LogP) is -1.06. The van der Waals surface area contributed by atoms with Gasteiger partial charge < -0.3 is 49.0 Å². The molecule has 0 radical (unpaired) electrons. The molecule has 1 aromatic carbocycles. The van der Waals surface area contributed by atoms with Crippen molar-refractivity contribution in [2.45, 2.75) is 76.5 Å². The summed E-state index contributed by atoms with van der Waals surface area (Å²) in [5.41, 5.74) is 23.5. The number of benzene rings is 1. The summed E-state index contributed by atoms with van der Waals surface area (Å²) in [7, 11) is 0. The molecule has 1 heterocycles. The molecule has 2 aromatic rings. The van der Waals surface area contributed by atoms with Gasteiger partial charge in [-0.2, -0.15) is 0 Å². The first-order chi connectivity index (χ1) is 20.3. The predicted molar refractivity (Wildman–Crippen MR) is 161 cm³/mol. The van der Waals surface area contributed by atoms with Crippen LogP contribution in [-0.2, 0) is 30.4 Å². The van der Waals surface area contributed by atoms with Crippen molar-refractivity contribution in [3.05, 3.63) is 36.0 Å². The minimum atomic E-state index is -1.34. The number of rotatable bonds is 18. The number of aromatic amines is 1. The molecule has 15 heteroatoms. The highest BCUT2D eigenvalue weighted by Gasteiger charge is 2.31. The number of H-pyrrole nitrogens is 1. The normalized spacial score (nSPS) is 14.5. The minimum Gasteiger partial charge on any atom is -0.480 e. The van der Waals surface area contributed by atoms with Crippen LogP contribution in [0.2, 0.25) is 0 Å². The molecule has 2 rings (SSSR count). The maximum atomic E-state index is 13.4. The molecule has 236 valence electrons. The Bertz CT molecular complexity index is 1310. The molecule has 5 atom stereocenters. The summed E-state index contributed by atoms with van der Waals surface area (Å²) < 4.78 is 0. The van der Waals surface area contributed by atoms with Crippen LogP contribution in [-0.4, -0.2) is 76.4 Å². The van der Waals surface area contributed by atoms with Gasteiger partial charge in [0.1, 0.15) is 18.1 Å². The summed E-state index contributed by atoms with van der Waals surface area (Å²) in [5, 5.41) is 18.3. The van der Waals surface area contributed by atoms with E-state index in [1.165, 1.54) is 0 Å². The SMILES string of the molecule is CCC(C)C(N)C(=O)NC(CCCN=C(N)N)C(=O)NC(CCC(N)=O)C(=O)NC(Cc1c[nH]c2ccccc12)C(=O)O. The number of primary amides is 1. The smallest absolute Gasteiger partial charge is 0.326 e. The number of amides is 4. The molecule has 4 amide bonds. The second-order valence-corrected chi connectivity index (χ2v) is 10.5. The summed E-state index contributed by atoms with van der Waals surface area (Å²) in [6.07, 6.45) is 2.20. The van der Waals surface area contributed by atoms with Gasteiger partial charge in [0, 0.05) is 36.5 Å². The number of hydrogen-bond donors (Lipinski definition) is 9. The summed E-state index contributed by atoms with van der Waals surface area (Å²) in [6, 6.07) is 2.63. The van der Waals surface area contributed by atoms with E-state index in [-0.39, 0.29) is 44.1 Å². The van der Waals surface area contributed by atoms with E-state index in [4.69, 9.17) is 22.9 Å². The fraction of sp³-hybridized carbons (Fsp3) is 0.500. The molecule has 0 saturated heterocycles. The van der Waals surface area contributed by atoms with Crippen LogP contribution in [0.3, 0.4) is 0 Å². The number of nitrogens with zero attached hydrogens (tertiary/aromatic N) is 1. The van der Waals surface area contributed by atoms with Crippen molar-refractivity contribution < 1.29 is 29.1 Å². The number of guanidine groups is 1. The average molecular weight is 602 g/mol. The molecule has 43 heavy (non-hydrogen) atoms. The number of hydrogen-bond acceptors (Lipinski definition) is 7. The molecule has 0 aliphatic heterocycles. The van der Waals surface area contributed by atoms with Gasteiger partial charge in [0.2, 0.25) is 23.6 Å². The van der Waals surface area contributed by atoms with E-state index in [2.05, 4.69) is 25.9 Å². The van der Waals surface area contributed by atoms with Crippen LogP contribution in [0.5, 0.6) is 0 Å². The molecule has 1 aromatic heterocycles. The van der Waals surface area contributed by atoms with Crippen LogP contribution < -0.4 is 38.9 Å². The number of aromatic nitrogens is 1. The number of fused-ring (bicyclic) bond motifs is 1. The number of carbonyl (C=O) groups is 5. The van der Waals surface area contributed by atoms with Crippen LogP contribution in [0, 0.1) is 5.92 Å². The quantitative estimate of drug-likeness (QED) is 0.0571. The van der Waals surface area contributed by atoms with E-state index >= 15 is 0 Å². The lowest BCUT2D eigenvalue weighted by Crippen LogP contribution is -2.57. The minimum absolute atomic E-state index is 0.0431. The zero-order valence-corrected chi connectivity index (χ0v) is 24.5. The Labute approximate surface area is 249 Å². The summed E-state index contributed by atoms with van der Waals surface area (Å²) in [4.78, 5) is 70.1. The lowest BCUT2D eigenvalue weighted by Gasteiger charge is -2.26. The fourth-order valence-electron chi connectivity index (χ4n) is 4.37. The van der Waals surface area contributed by atoms with Gasteiger partial charge in [-0.15, -0.1) is 0 Å². The van der Waals surface area contributed by atoms with Gasteiger partial charge in [0.15, 0.2) is 5.96 Å². The second-order valence-electron chi connectivity index (χ2n) is 10.5. The molecular formula is C28H43N9O6. The highest BCUT2D eigenvalue weighted by molar-refractivity contribution is 5.94. The fourth-order valence-corrected chi connectivity index (χ4v) is 4.37. The lowest BCUT2D eigenvalue weighted by molar-refractivity contribution is -0.142. The molecule has 0 fully saturated rings. The van der Waals surface area contributed by atoms with Gasteiger partial charge in [-0.05, 0) is 36.8 Å². The van der Waals surface area contributed by atoms with Crippen molar-refractivity contribution >= 4 is 46.5 Å². The third kappa shape index (κ3) is 10.9. The Balaban J connectivity index is 2.23. The Morgan fingerprint density at radius 2 is 1.53 bits per heavy atom. The molecule has 0 aliphatic rings. The first-order valence-electron chi connectivity index (χ1n) is 14.1. The Hall–Kier alpha value is -4.66. The van der Waals surface area contributed by atoms with Crippen LogP contribution in [0.25, 0.3) is 10.9 Å². The monoisotopic (exact) mass is 601 g/mol. The number of carboxylic acids is 1. The topological polar surface area (TPSA) is 274 Å².